The summed E-state index contributed by atoms with van der Waals surface area (Å²) in [5.41, 5.74) is 0. The standard InChI is InChI=1S/C30H63NO2/c1-3-5-7-9-11-13-14-15-16-17-18-20-22-24-26-28-30(33)31-29(32)27-25-23-21-19-12-10-8-6-4-2/h29-33H,3-28H2,1-2H3. The molecule has 0 heterocycles. The Morgan fingerprint density at radius 2 is 0.576 bits per heavy atom. The molecule has 0 radical (unpaired) electrons. The molecule has 0 spiro atoms. The summed E-state index contributed by atoms with van der Waals surface area (Å²) in [6, 6.07) is 0. The fourth-order valence-corrected chi connectivity index (χ4v) is 4.75. The van der Waals surface area contributed by atoms with Gasteiger partial charge in [0, 0.05) is 0 Å². The second-order valence-corrected chi connectivity index (χ2v) is 10.6. The van der Waals surface area contributed by atoms with Crippen LogP contribution >= 0.6 is 0 Å². The van der Waals surface area contributed by atoms with Gasteiger partial charge >= 0.3 is 0 Å². The summed E-state index contributed by atoms with van der Waals surface area (Å²) in [5, 5.41) is 23.1. The van der Waals surface area contributed by atoms with Crippen molar-refractivity contribution in [1.82, 2.24) is 5.32 Å². The van der Waals surface area contributed by atoms with Gasteiger partial charge in [0.05, 0.1) is 0 Å². The van der Waals surface area contributed by atoms with Crippen LogP contribution in [0, 0.1) is 0 Å². The Labute approximate surface area is 208 Å². The number of hydrogen-bond acceptors (Lipinski definition) is 3. The Bertz CT molecular complexity index is 350. The van der Waals surface area contributed by atoms with Crippen molar-refractivity contribution in [2.24, 2.45) is 0 Å². The molecular weight excluding hydrogens is 406 g/mol. The Kier molecular flexibility index (Phi) is 28.0. The first-order valence-electron chi connectivity index (χ1n) is 15.3. The van der Waals surface area contributed by atoms with Gasteiger partial charge in [-0.15, -0.1) is 0 Å². The molecule has 200 valence electrons. The van der Waals surface area contributed by atoms with E-state index in [4.69, 9.17) is 0 Å². The molecule has 0 bridgehead atoms. The highest BCUT2D eigenvalue weighted by Gasteiger charge is 2.09. The molecule has 3 nitrogen and oxygen atoms in total. The first kappa shape index (κ1) is 32.9. The maximum atomic E-state index is 10.1. The van der Waals surface area contributed by atoms with Gasteiger partial charge in [0.2, 0.25) is 0 Å². The zero-order chi connectivity index (χ0) is 24.2. The maximum Gasteiger partial charge on any atom is 0.106 e. The van der Waals surface area contributed by atoms with Crippen molar-refractivity contribution in [2.75, 3.05) is 0 Å². The fourth-order valence-electron chi connectivity index (χ4n) is 4.75. The summed E-state index contributed by atoms with van der Waals surface area (Å²) in [7, 11) is 0. The lowest BCUT2D eigenvalue weighted by molar-refractivity contribution is 0.0310. The van der Waals surface area contributed by atoms with Crippen LogP contribution in [-0.2, 0) is 0 Å². The summed E-state index contributed by atoms with van der Waals surface area (Å²) >= 11 is 0. The first-order chi connectivity index (χ1) is 16.2. The molecule has 0 saturated heterocycles. The average Bonchev–Trinajstić information content (AvgIpc) is 2.80. The van der Waals surface area contributed by atoms with Gasteiger partial charge in [0.15, 0.2) is 0 Å². The van der Waals surface area contributed by atoms with E-state index < -0.39 is 12.5 Å². The predicted molar refractivity (Wildman–Crippen MR) is 147 cm³/mol. The number of nitrogens with one attached hydrogen (secondary N) is 1. The summed E-state index contributed by atoms with van der Waals surface area (Å²) in [4.78, 5) is 0. The lowest BCUT2D eigenvalue weighted by atomic mass is 10.0. The first-order valence-corrected chi connectivity index (χ1v) is 15.3. The van der Waals surface area contributed by atoms with Crippen molar-refractivity contribution in [1.29, 1.82) is 0 Å². The van der Waals surface area contributed by atoms with E-state index in [0.717, 1.165) is 25.7 Å². The molecule has 0 aliphatic heterocycles. The van der Waals surface area contributed by atoms with Crippen molar-refractivity contribution >= 4 is 0 Å². The normalized spacial score (nSPS) is 13.5. The van der Waals surface area contributed by atoms with Crippen molar-refractivity contribution < 1.29 is 10.2 Å². The van der Waals surface area contributed by atoms with E-state index in [1.807, 2.05) is 0 Å². The molecule has 0 aliphatic carbocycles. The van der Waals surface area contributed by atoms with E-state index in [1.54, 1.807) is 0 Å². The SMILES string of the molecule is CCCCCCCCCCCCCCCCCC(O)NC(O)CCCCCCCCCCC. The van der Waals surface area contributed by atoms with Crippen LogP contribution in [0.25, 0.3) is 0 Å². The summed E-state index contributed by atoms with van der Waals surface area (Å²) in [5.74, 6) is 0. The monoisotopic (exact) mass is 469 g/mol. The lowest BCUT2D eigenvalue weighted by Crippen LogP contribution is -2.38. The Hall–Kier alpha value is -0.120. The van der Waals surface area contributed by atoms with Gasteiger partial charge in [-0.2, -0.15) is 0 Å². The van der Waals surface area contributed by atoms with Gasteiger partial charge in [0.1, 0.15) is 12.5 Å². The van der Waals surface area contributed by atoms with E-state index in [0.29, 0.717) is 0 Å². The molecule has 2 atom stereocenters. The van der Waals surface area contributed by atoms with Gasteiger partial charge in [-0.05, 0) is 25.7 Å². The smallest absolute Gasteiger partial charge is 0.106 e. The number of unbranched alkanes of at least 4 members (excludes halogenated alkanes) is 22. The zero-order valence-electron chi connectivity index (χ0n) is 22.9. The van der Waals surface area contributed by atoms with Crippen LogP contribution in [0.4, 0.5) is 0 Å². The van der Waals surface area contributed by atoms with Gasteiger partial charge in [-0.25, -0.2) is 0 Å². The zero-order valence-corrected chi connectivity index (χ0v) is 22.9. The van der Waals surface area contributed by atoms with Gasteiger partial charge in [-0.3, -0.25) is 5.32 Å². The second kappa shape index (κ2) is 28.1. The average molecular weight is 470 g/mol. The van der Waals surface area contributed by atoms with Crippen LogP contribution < -0.4 is 5.32 Å². The minimum absolute atomic E-state index is 0.555. The highest BCUT2D eigenvalue weighted by atomic mass is 16.3. The molecule has 3 N–H and O–H groups in total. The molecule has 0 fully saturated rings. The predicted octanol–water partition coefficient (Wildman–Crippen LogP) is 9.40. The molecule has 0 aromatic rings. The third-order valence-electron chi connectivity index (χ3n) is 7.05. The topological polar surface area (TPSA) is 52.5 Å². The van der Waals surface area contributed by atoms with Crippen molar-refractivity contribution in [3.63, 3.8) is 0 Å². The molecule has 3 heteroatoms. The Balaban J connectivity index is 3.26. The molecule has 33 heavy (non-hydrogen) atoms. The van der Waals surface area contributed by atoms with E-state index in [9.17, 15) is 10.2 Å². The highest BCUT2D eigenvalue weighted by molar-refractivity contribution is 4.60. The molecule has 0 aromatic carbocycles. The van der Waals surface area contributed by atoms with Crippen LogP contribution in [0.1, 0.15) is 181 Å². The van der Waals surface area contributed by atoms with Gasteiger partial charge in [-0.1, -0.05) is 155 Å². The van der Waals surface area contributed by atoms with Crippen LogP contribution in [0.15, 0.2) is 0 Å². The van der Waals surface area contributed by atoms with E-state index >= 15 is 0 Å². The third-order valence-corrected chi connectivity index (χ3v) is 7.05. The largest absolute Gasteiger partial charge is 0.379 e. The van der Waals surface area contributed by atoms with Crippen molar-refractivity contribution in [3.8, 4) is 0 Å². The van der Waals surface area contributed by atoms with Crippen molar-refractivity contribution in [3.05, 3.63) is 0 Å². The van der Waals surface area contributed by atoms with Crippen LogP contribution in [0.3, 0.4) is 0 Å². The maximum absolute atomic E-state index is 10.1. The molecule has 2 unspecified atom stereocenters. The minimum Gasteiger partial charge on any atom is -0.379 e. The molecule has 0 rings (SSSR count). The summed E-state index contributed by atoms with van der Waals surface area (Å²) in [6.07, 6.45) is 32.5. The number of hydrogen-bond donors (Lipinski definition) is 3. The Morgan fingerprint density at radius 1 is 0.364 bits per heavy atom. The van der Waals surface area contributed by atoms with Crippen LogP contribution in [-0.4, -0.2) is 22.7 Å². The van der Waals surface area contributed by atoms with E-state index in [1.165, 1.54) is 141 Å². The molecular formula is C30H63NO2. The number of aliphatic hydroxyl groups is 2. The third kappa shape index (κ3) is 28.0. The van der Waals surface area contributed by atoms with Crippen molar-refractivity contribution in [2.45, 2.75) is 193 Å². The highest BCUT2D eigenvalue weighted by Crippen LogP contribution is 2.14. The van der Waals surface area contributed by atoms with E-state index in [2.05, 4.69) is 19.2 Å². The van der Waals surface area contributed by atoms with Crippen LogP contribution in [0.2, 0.25) is 0 Å². The molecule has 0 aliphatic rings. The molecule has 0 saturated carbocycles. The molecule has 0 aromatic heterocycles. The van der Waals surface area contributed by atoms with E-state index in [-0.39, 0.29) is 0 Å². The number of aliphatic hydroxyl groups excluding tert-OH is 2. The second-order valence-electron chi connectivity index (χ2n) is 10.6. The van der Waals surface area contributed by atoms with Gasteiger partial charge in [0.25, 0.3) is 0 Å². The minimum atomic E-state index is -0.555. The summed E-state index contributed by atoms with van der Waals surface area (Å²) < 4.78 is 0. The Morgan fingerprint density at radius 3 is 0.818 bits per heavy atom. The number of rotatable bonds is 28. The lowest BCUT2D eigenvalue weighted by Gasteiger charge is -2.18. The quantitative estimate of drug-likeness (QED) is 0.0790. The van der Waals surface area contributed by atoms with Crippen LogP contribution in [0.5, 0.6) is 0 Å². The molecule has 0 amide bonds. The summed E-state index contributed by atoms with van der Waals surface area (Å²) in [6.45, 7) is 4.54. The van der Waals surface area contributed by atoms with Gasteiger partial charge < -0.3 is 10.2 Å². The fraction of sp³-hybridized carbons (Fsp3) is 1.00.